The molecule has 1 fully saturated rings. The van der Waals surface area contributed by atoms with E-state index in [4.69, 9.17) is 10.2 Å². The highest BCUT2D eigenvalue weighted by atomic mass is 32.1. The number of pyridine rings is 1. The lowest BCUT2D eigenvalue weighted by Crippen LogP contribution is -2.16. The molecule has 3 aromatic rings. The third kappa shape index (κ3) is 3.03. The van der Waals surface area contributed by atoms with Crippen LogP contribution in [-0.2, 0) is 0 Å². The Labute approximate surface area is 147 Å². The van der Waals surface area contributed by atoms with Gasteiger partial charge in [-0.2, -0.15) is 5.26 Å². The first-order chi connectivity index (χ1) is 11.7. The minimum absolute atomic E-state index is 0.453. The zero-order chi connectivity index (χ0) is 17.1. The minimum Gasteiger partial charge on any atom is -0.323 e. The molecule has 126 valence electrons. The molecular weight excluding hydrogens is 316 g/mol. The summed E-state index contributed by atoms with van der Waals surface area (Å²) in [4.78, 5) is 9.49. The standard InChI is InChI=1S/C17H21N3S.C2H3N/c1-11(2)17-19-14-10-18-13-8-9-21-16(13)15(14)20(17)12-6-4-3-5-7-12;1-2-3/h8-12H,3-7H2,1-2H3;1H3. The molecule has 0 aromatic carbocycles. The Morgan fingerprint density at radius 1 is 1.25 bits per heavy atom. The second kappa shape index (κ2) is 7.31. The molecule has 0 unspecified atom stereocenters. The topological polar surface area (TPSA) is 54.5 Å². The fourth-order valence-electron chi connectivity index (χ4n) is 3.61. The third-order valence-corrected chi connectivity index (χ3v) is 5.52. The number of nitriles is 1. The van der Waals surface area contributed by atoms with Crippen LogP contribution in [0.5, 0.6) is 0 Å². The van der Waals surface area contributed by atoms with Crippen molar-refractivity contribution in [3.8, 4) is 6.07 Å². The van der Waals surface area contributed by atoms with Crippen LogP contribution in [0.3, 0.4) is 0 Å². The number of hydrogen-bond acceptors (Lipinski definition) is 4. The SMILES string of the molecule is CC#N.CC(C)c1nc2cnc3ccsc3c2n1C1CCCCC1. The molecule has 0 aliphatic heterocycles. The predicted octanol–water partition coefficient (Wildman–Crippen LogP) is 5.80. The van der Waals surface area contributed by atoms with Gasteiger partial charge in [-0.25, -0.2) is 4.98 Å². The normalized spacial score (nSPS) is 15.5. The van der Waals surface area contributed by atoms with Crippen molar-refractivity contribution >= 4 is 32.6 Å². The van der Waals surface area contributed by atoms with Crippen molar-refractivity contribution in [1.82, 2.24) is 14.5 Å². The zero-order valence-corrected chi connectivity index (χ0v) is 15.4. The number of nitrogens with zero attached hydrogens (tertiary/aromatic N) is 4. The van der Waals surface area contributed by atoms with Crippen molar-refractivity contribution in [3.05, 3.63) is 23.5 Å². The Morgan fingerprint density at radius 3 is 2.62 bits per heavy atom. The van der Waals surface area contributed by atoms with E-state index in [0.29, 0.717) is 12.0 Å². The lowest BCUT2D eigenvalue weighted by Gasteiger charge is -2.26. The molecular formula is C19H24N4S. The summed E-state index contributed by atoms with van der Waals surface area (Å²) in [6.07, 6.45) is 8.62. The highest BCUT2D eigenvalue weighted by Gasteiger charge is 2.24. The van der Waals surface area contributed by atoms with Crippen molar-refractivity contribution in [1.29, 1.82) is 5.26 Å². The van der Waals surface area contributed by atoms with E-state index in [1.807, 2.05) is 6.20 Å². The van der Waals surface area contributed by atoms with Gasteiger partial charge in [-0.15, -0.1) is 11.3 Å². The average molecular weight is 340 g/mol. The van der Waals surface area contributed by atoms with Crippen LogP contribution >= 0.6 is 11.3 Å². The van der Waals surface area contributed by atoms with E-state index in [-0.39, 0.29) is 0 Å². The van der Waals surface area contributed by atoms with E-state index in [1.165, 1.54) is 55.1 Å². The number of rotatable bonds is 2. The highest BCUT2D eigenvalue weighted by molar-refractivity contribution is 7.18. The van der Waals surface area contributed by atoms with E-state index >= 15 is 0 Å². The van der Waals surface area contributed by atoms with Crippen molar-refractivity contribution in [2.24, 2.45) is 0 Å². The van der Waals surface area contributed by atoms with Gasteiger partial charge in [0.05, 0.1) is 28.0 Å². The van der Waals surface area contributed by atoms with E-state index in [0.717, 1.165) is 11.0 Å². The molecule has 0 bridgehead atoms. The molecule has 0 radical (unpaired) electrons. The third-order valence-electron chi connectivity index (χ3n) is 4.61. The summed E-state index contributed by atoms with van der Waals surface area (Å²) in [6, 6.07) is 4.49. The molecule has 24 heavy (non-hydrogen) atoms. The number of aromatic nitrogens is 3. The average Bonchev–Trinajstić information content (AvgIpc) is 3.20. The Hall–Kier alpha value is -1.93. The summed E-state index contributed by atoms with van der Waals surface area (Å²) in [7, 11) is 0. The predicted molar refractivity (Wildman–Crippen MR) is 100 cm³/mol. The van der Waals surface area contributed by atoms with Crippen LogP contribution in [0.1, 0.15) is 70.7 Å². The number of fused-ring (bicyclic) bond motifs is 3. The van der Waals surface area contributed by atoms with Crippen molar-refractivity contribution in [2.45, 2.75) is 64.8 Å². The van der Waals surface area contributed by atoms with E-state index < -0.39 is 0 Å². The van der Waals surface area contributed by atoms with Gasteiger partial charge in [-0.05, 0) is 24.3 Å². The Bertz CT molecular complexity index is 863. The molecule has 3 aromatic heterocycles. The first-order valence-electron chi connectivity index (χ1n) is 8.72. The largest absolute Gasteiger partial charge is 0.323 e. The van der Waals surface area contributed by atoms with Crippen LogP contribution in [-0.4, -0.2) is 14.5 Å². The molecule has 1 aliphatic carbocycles. The summed E-state index contributed by atoms with van der Waals surface area (Å²) >= 11 is 1.80. The summed E-state index contributed by atoms with van der Waals surface area (Å²) in [5.41, 5.74) is 3.50. The van der Waals surface area contributed by atoms with Crippen LogP contribution in [0, 0.1) is 11.3 Å². The van der Waals surface area contributed by atoms with Gasteiger partial charge in [0, 0.05) is 18.9 Å². The molecule has 0 amide bonds. The summed E-state index contributed by atoms with van der Waals surface area (Å²) < 4.78 is 3.86. The minimum atomic E-state index is 0.453. The van der Waals surface area contributed by atoms with Gasteiger partial charge >= 0.3 is 0 Å². The fourth-order valence-corrected chi connectivity index (χ4v) is 4.50. The van der Waals surface area contributed by atoms with Gasteiger partial charge in [0.25, 0.3) is 0 Å². The van der Waals surface area contributed by atoms with Gasteiger partial charge in [0.2, 0.25) is 0 Å². The monoisotopic (exact) mass is 340 g/mol. The second-order valence-electron chi connectivity index (χ2n) is 6.64. The van der Waals surface area contributed by atoms with Gasteiger partial charge in [0.15, 0.2) is 0 Å². The summed E-state index contributed by atoms with van der Waals surface area (Å²) in [5.74, 6) is 1.69. The second-order valence-corrected chi connectivity index (χ2v) is 7.55. The molecule has 4 rings (SSSR count). The van der Waals surface area contributed by atoms with E-state index in [9.17, 15) is 0 Å². The van der Waals surface area contributed by atoms with Gasteiger partial charge < -0.3 is 4.57 Å². The van der Waals surface area contributed by atoms with E-state index in [1.54, 1.807) is 17.4 Å². The number of hydrogen-bond donors (Lipinski definition) is 0. The number of imidazole rings is 1. The molecule has 1 aliphatic rings. The molecule has 1 saturated carbocycles. The Morgan fingerprint density at radius 2 is 1.96 bits per heavy atom. The molecule has 4 nitrogen and oxygen atoms in total. The first-order valence-corrected chi connectivity index (χ1v) is 9.60. The van der Waals surface area contributed by atoms with Gasteiger partial charge in [0.1, 0.15) is 11.3 Å². The van der Waals surface area contributed by atoms with Crippen LogP contribution in [0.15, 0.2) is 17.6 Å². The molecule has 0 spiro atoms. The van der Waals surface area contributed by atoms with E-state index in [2.05, 4.69) is 34.8 Å². The molecule has 0 atom stereocenters. The summed E-state index contributed by atoms with van der Waals surface area (Å²) in [6.45, 7) is 5.93. The number of thiophene rings is 1. The maximum Gasteiger partial charge on any atom is 0.112 e. The van der Waals surface area contributed by atoms with Crippen LogP contribution in [0.4, 0.5) is 0 Å². The molecule has 5 heteroatoms. The Balaban J connectivity index is 0.000000526. The zero-order valence-electron chi connectivity index (χ0n) is 14.6. The lowest BCUT2D eigenvalue weighted by molar-refractivity contribution is 0.350. The molecule has 0 saturated heterocycles. The molecule has 3 heterocycles. The highest BCUT2D eigenvalue weighted by Crippen LogP contribution is 2.37. The van der Waals surface area contributed by atoms with Crippen LogP contribution < -0.4 is 0 Å². The Kier molecular flexibility index (Phi) is 5.15. The smallest absolute Gasteiger partial charge is 0.112 e. The van der Waals surface area contributed by atoms with Crippen LogP contribution in [0.25, 0.3) is 21.3 Å². The first kappa shape index (κ1) is 16.9. The van der Waals surface area contributed by atoms with Gasteiger partial charge in [-0.1, -0.05) is 33.1 Å². The maximum atomic E-state index is 7.32. The molecule has 0 N–H and O–H groups in total. The lowest BCUT2D eigenvalue weighted by atomic mass is 9.94. The maximum absolute atomic E-state index is 7.32. The quantitative estimate of drug-likeness (QED) is 0.592. The fraction of sp³-hybridized carbons (Fsp3) is 0.526. The van der Waals surface area contributed by atoms with Crippen molar-refractivity contribution in [2.75, 3.05) is 0 Å². The van der Waals surface area contributed by atoms with Gasteiger partial charge in [-0.3, -0.25) is 4.98 Å². The van der Waals surface area contributed by atoms with Crippen LogP contribution in [0.2, 0.25) is 0 Å². The van der Waals surface area contributed by atoms with Crippen molar-refractivity contribution < 1.29 is 0 Å². The summed E-state index contributed by atoms with van der Waals surface area (Å²) in [5, 5.41) is 9.46. The van der Waals surface area contributed by atoms with Crippen molar-refractivity contribution in [3.63, 3.8) is 0 Å².